The number of nitrogens with zero attached hydrogens (tertiary/aromatic N) is 1. The number of hydrogen-bond acceptors (Lipinski definition) is 8. The molecule has 0 aromatic heterocycles. The van der Waals surface area contributed by atoms with Crippen molar-refractivity contribution in [2.45, 2.75) is 161 Å². The molecule has 9 nitrogen and oxygen atoms in total. The smallest absolute Gasteiger partial charge is 0.462 e. The fourth-order valence-corrected chi connectivity index (χ4v) is 5.61. The SMILES string of the molecule is CCCC/C=C\CCCCCCCC(=O)OCC(COP(=O)(O)OCCN(C)C)OC(=O)CCCCCCC/C=C\C/C=C\CCCCC. The van der Waals surface area contributed by atoms with Crippen LogP contribution in [-0.2, 0) is 32.7 Å². The van der Waals surface area contributed by atoms with Gasteiger partial charge in [-0.3, -0.25) is 18.6 Å². The van der Waals surface area contributed by atoms with Gasteiger partial charge in [0, 0.05) is 19.4 Å². The van der Waals surface area contributed by atoms with E-state index in [-0.39, 0.29) is 32.0 Å². The Hall–Kier alpha value is -1.77. The maximum absolute atomic E-state index is 12.6. The van der Waals surface area contributed by atoms with E-state index in [1.165, 1.54) is 38.5 Å². The first kappa shape index (κ1) is 47.2. The molecule has 10 heteroatoms. The van der Waals surface area contributed by atoms with E-state index >= 15 is 0 Å². The Bertz CT molecular complexity index is 921. The Morgan fingerprint density at radius 2 is 1.12 bits per heavy atom. The van der Waals surface area contributed by atoms with Crippen molar-refractivity contribution in [1.29, 1.82) is 0 Å². The second kappa shape index (κ2) is 34.7. The van der Waals surface area contributed by atoms with Crippen LogP contribution in [0.25, 0.3) is 0 Å². The average Bonchev–Trinajstić information content (AvgIpc) is 3.06. The van der Waals surface area contributed by atoms with Gasteiger partial charge >= 0.3 is 19.8 Å². The number of unbranched alkanes of at least 4 members (excludes halogenated alkanes) is 15. The molecule has 0 aliphatic carbocycles. The molecule has 0 saturated carbocycles. The molecule has 0 spiro atoms. The lowest BCUT2D eigenvalue weighted by atomic mass is 10.1. The number of rotatable bonds is 35. The number of phosphoric ester groups is 1. The summed E-state index contributed by atoms with van der Waals surface area (Å²) in [6.45, 7) is 4.21. The molecule has 0 aliphatic rings. The molecule has 2 unspecified atom stereocenters. The zero-order chi connectivity index (χ0) is 36.3. The van der Waals surface area contributed by atoms with Gasteiger partial charge in [-0.2, -0.15) is 0 Å². The van der Waals surface area contributed by atoms with E-state index in [1.54, 1.807) is 0 Å². The van der Waals surface area contributed by atoms with Crippen molar-refractivity contribution >= 4 is 19.8 Å². The van der Waals surface area contributed by atoms with E-state index in [4.69, 9.17) is 18.5 Å². The van der Waals surface area contributed by atoms with Crippen LogP contribution < -0.4 is 0 Å². The molecule has 1 N–H and O–H groups in total. The number of likely N-dealkylation sites (N-methyl/N-ethyl adjacent to an activating group) is 1. The predicted octanol–water partition coefficient (Wildman–Crippen LogP) is 10.4. The maximum atomic E-state index is 12.6. The third-order valence-corrected chi connectivity index (χ3v) is 8.90. The van der Waals surface area contributed by atoms with Crippen molar-refractivity contribution in [2.75, 3.05) is 40.5 Å². The first-order valence-corrected chi connectivity index (χ1v) is 20.8. The highest BCUT2D eigenvalue weighted by Gasteiger charge is 2.26. The van der Waals surface area contributed by atoms with Crippen molar-refractivity contribution in [3.8, 4) is 0 Å². The van der Waals surface area contributed by atoms with Gasteiger partial charge in [0.25, 0.3) is 0 Å². The van der Waals surface area contributed by atoms with Crippen LogP contribution >= 0.6 is 7.82 Å². The normalized spacial score (nSPS) is 13.9. The minimum Gasteiger partial charge on any atom is -0.462 e. The molecule has 0 rings (SSSR count). The quantitative estimate of drug-likeness (QED) is 0.0297. The number of hydrogen-bond donors (Lipinski definition) is 1. The maximum Gasteiger partial charge on any atom is 0.472 e. The number of ether oxygens (including phenoxy) is 2. The number of allylic oxidation sites excluding steroid dienone is 6. The van der Waals surface area contributed by atoms with Crippen molar-refractivity contribution in [3.05, 3.63) is 36.5 Å². The molecule has 0 aliphatic heterocycles. The van der Waals surface area contributed by atoms with E-state index in [2.05, 4.69) is 50.3 Å². The van der Waals surface area contributed by atoms with Gasteiger partial charge in [0.05, 0.1) is 13.2 Å². The summed E-state index contributed by atoms with van der Waals surface area (Å²) in [7, 11) is -0.723. The third kappa shape index (κ3) is 35.8. The molecular weight excluding hydrogens is 641 g/mol. The van der Waals surface area contributed by atoms with Crippen LogP contribution in [0.5, 0.6) is 0 Å². The summed E-state index contributed by atoms with van der Waals surface area (Å²) in [6.07, 6.45) is 34.7. The van der Waals surface area contributed by atoms with E-state index < -0.39 is 26.5 Å². The van der Waals surface area contributed by atoms with Crippen LogP contribution in [0.15, 0.2) is 36.5 Å². The summed E-state index contributed by atoms with van der Waals surface area (Å²) in [5.74, 6) is -0.833. The minimum atomic E-state index is -4.36. The molecule has 0 aromatic carbocycles. The lowest BCUT2D eigenvalue weighted by Crippen LogP contribution is -2.29. The summed E-state index contributed by atoms with van der Waals surface area (Å²) in [4.78, 5) is 36.8. The number of esters is 2. The Morgan fingerprint density at radius 3 is 1.69 bits per heavy atom. The first-order chi connectivity index (χ1) is 23.7. The van der Waals surface area contributed by atoms with Gasteiger partial charge in [-0.15, -0.1) is 0 Å². The summed E-state index contributed by atoms with van der Waals surface area (Å²) in [5, 5.41) is 0. The van der Waals surface area contributed by atoms with Gasteiger partial charge < -0.3 is 19.3 Å². The van der Waals surface area contributed by atoms with E-state index in [0.29, 0.717) is 13.0 Å². The monoisotopic (exact) mass is 713 g/mol. The van der Waals surface area contributed by atoms with E-state index in [9.17, 15) is 19.0 Å². The lowest BCUT2D eigenvalue weighted by Gasteiger charge is -2.20. The van der Waals surface area contributed by atoms with Crippen molar-refractivity contribution in [1.82, 2.24) is 4.90 Å². The largest absolute Gasteiger partial charge is 0.472 e. The minimum absolute atomic E-state index is 0.00268. The summed E-state index contributed by atoms with van der Waals surface area (Å²) >= 11 is 0. The van der Waals surface area contributed by atoms with Gasteiger partial charge in [0.1, 0.15) is 6.61 Å². The predicted molar refractivity (Wildman–Crippen MR) is 201 cm³/mol. The molecule has 0 amide bonds. The molecule has 49 heavy (non-hydrogen) atoms. The van der Waals surface area contributed by atoms with Crippen LogP contribution in [0.3, 0.4) is 0 Å². The molecule has 0 heterocycles. The van der Waals surface area contributed by atoms with Crippen molar-refractivity contribution in [3.63, 3.8) is 0 Å². The summed E-state index contributed by atoms with van der Waals surface area (Å²) < 4.78 is 33.3. The second-order valence-corrected chi connectivity index (χ2v) is 14.6. The number of carbonyl (C=O) groups is 2. The highest BCUT2D eigenvalue weighted by atomic mass is 31.2. The van der Waals surface area contributed by atoms with Crippen molar-refractivity contribution in [2.24, 2.45) is 0 Å². The summed E-state index contributed by atoms with van der Waals surface area (Å²) in [5.41, 5.74) is 0. The van der Waals surface area contributed by atoms with Gasteiger partial charge in [-0.05, 0) is 78.3 Å². The van der Waals surface area contributed by atoms with Crippen LogP contribution in [0.1, 0.15) is 155 Å². The van der Waals surface area contributed by atoms with Crippen LogP contribution in [0.4, 0.5) is 0 Å². The van der Waals surface area contributed by atoms with Crippen LogP contribution in [0.2, 0.25) is 0 Å². The van der Waals surface area contributed by atoms with Crippen LogP contribution in [-0.4, -0.2) is 68.3 Å². The van der Waals surface area contributed by atoms with E-state index in [1.807, 2.05) is 19.0 Å². The topological polar surface area (TPSA) is 112 Å². The molecular formula is C39H72NO8P. The van der Waals surface area contributed by atoms with Crippen molar-refractivity contribution < 1.29 is 37.6 Å². The zero-order valence-electron chi connectivity index (χ0n) is 31.6. The molecule has 0 aromatic rings. The van der Waals surface area contributed by atoms with Crippen LogP contribution in [0, 0.1) is 0 Å². The molecule has 0 saturated heterocycles. The molecule has 0 bridgehead atoms. The zero-order valence-corrected chi connectivity index (χ0v) is 32.5. The van der Waals surface area contributed by atoms with Gasteiger partial charge in [-0.25, -0.2) is 4.57 Å². The molecule has 286 valence electrons. The highest BCUT2D eigenvalue weighted by molar-refractivity contribution is 7.47. The first-order valence-electron chi connectivity index (χ1n) is 19.3. The van der Waals surface area contributed by atoms with Gasteiger partial charge in [0.15, 0.2) is 6.10 Å². The van der Waals surface area contributed by atoms with E-state index in [0.717, 1.165) is 83.5 Å². The summed E-state index contributed by atoms with van der Waals surface area (Å²) in [6, 6.07) is 0. The Kier molecular flexibility index (Phi) is 33.4. The fraction of sp³-hybridized carbons (Fsp3) is 0.795. The Labute approximate surface area is 299 Å². The van der Waals surface area contributed by atoms with Gasteiger partial charge in [0.2, 0.25) is 0 Å². The Balaban J connectivity index is 4.40. The average molecular weight is 714 g/mol. The molecule has 2 atom stereocenters. The van der Waals surface area contributed by atoms with Gasteiger partial charge in [-0.1, -0.05) is 115 Å². The number of phosphoric acid groups is 1. The number of carbonyl (C=O) groups excluding carboxylic acids is 2. The lowest BCUT2D eigenvalue weighted by molar-refractivity contribution is -0.161. The molecule has 0 radical (unpaired) electrons. The fourth-order valence-electron chi connectivity index (χ4n) is 4.87. The molecule has 0 fully saturated rings. The third-order valence-electron chi connectivity index (χ3n) is 7.92. The highest BCUT2D eigenvalue weighted by Crippen LogP contribution is 2.43. The second-order valence-electron chi connectivity index (χ2n) is 13.1. The Morgan fingerprint density at radius 1 is 0.633 bits per heavy atom. The standard InChI is InChI=1S/C39H72NO8P/c1-5-7-9-11-13-15-17-18-19-20-22-24-26-28-30-32-39(42)48-37(36-47-49(43,44)46-34-33-40(3)4)35-45-38(41)31-29-27-25-23-21-16-14-12-10-8-6-2/h12-15,18-19,37H,5-11,16-17,20-36H2,1-4H3,(H,43,44)/b14-12-,15-13-,19-18-.